The second kappa shape index (κ2) is 9.72. The topological polar surface area (TPSA) is 93.7 Å². The van der Waals surface area contributed by atoms with Crippen LogP contribution in [0, 0.1) is 0 Å². The van der Waals surface area contributed by atoms with Gasteiger partial charge in [-0.2, -0.15) is 0 Å². The second-order valence-electron chi connectivity index (χ2n) is 6.54. The highest BCUT2D eigenvalue weighted by Gasteiger charge is 2.18. The monoisotopic (exact) mass is 460 g/mol. The van der Waals surface area contributed by atoms with Crippen molar-refractivity contribution in [3.63, 3.8) is 0 Å². The lowest BCUT2D eigenvalue weighted by molar-refractivity contribution is -0.122. The van der Waals surface area contributed by atoms with Crippen LogP contribution < -0.4 is 19.5 Å². The van der Waals surface area contributed by atoms with E-state index >= 15 is 0 Å². The van der Waals surface area contributed by atoms with Crippen LogP contribution in [0.1, 0.15) is 6.92 Å². The maximum atomic E-state index is 12.5. The van der Waals surface area contributed by atoms with Gasteiger partial charge in [0.25, 0.3) is 15.9 Å². The van der Waals surface area contributed by atoms with Gasteiger partial charge in [0.05, 0.1) is 17.7 Å². The molecule has 0 fully saturated rings. The van der Waals surface area contributed by atoms with E-state index in [4.69, 9.17) is 21.1 Å². The van der Waals surface area contributed by atoms with Gasteiger partial charge in [0.1, 0.15) is 0 Å². The number of hydrogen-bond donors (Lipinski definition) is 2. The van der Waals surface area contributed by atoms with E-state index in [-0.39, 0.29) is 4.90 Å². The summed E-state index contributed by atoms with van der Waals surface area (Å²) in [5.41, 5.74) is 0.786. The molecule has 0 aromatic heterocycles. The largest absolute Gasteiger partial charge is 0.493 e. The van der Waals surface area contributed by atoms with Gasteiger partial charge in [0, 0.05) is 10.7 Å². The smallest absolute Gasteiger partial charge is 0.265 e. The molecule has 0 heterocycles. The Morgan fingerprint density at radius 2 is 1.61 bits per heavy atom. The highest BCUT2D eigenvalue weighted by atomic mass is 35.5. The molecule has 162 valence electrons. The number of carbonyl (C=O) groups is 1. The lowest BCUT2D eigenvalue weighted by Gasteiger charge is -2.16. The summed E-state index contributed by atoms with van der Waals surface area (Å²) >= 11 is 5.89. The Labute approximate surface area is 186 Å². The minimum atomic E-state index is -3.80. The van der Waals surface area contributed by atoms with Crippen LogP contribution in [0.25, 0.3) is 0 Å². The summed E-state index contributed by atoms with van der Waals surface area (Å²) in [5.74, 6) is 0.573. The molecule has 0 spiro atoms. The standard InChI is InChI=1S/C22H21ClN2O5S/c1-15(30-21-9-4-3-8-20(21)29-2)22(26)24-17-10-12-19(13-11-17)31(27,28)25-18-7-5-6-16(23)14-18/h3-15,25H,1-2H3,(H,24,26)/t15-/m0/s1. The van der Waals surface area contributed by atoms with Gasteiger partial charge >= 0.3 is 0 Å². The Kier molecular flexibility index (Phi) is 7.04. The van der Waals surface area contributed by atoms with E-state index < -0.39 is 22.0 Å². The predicted octanol–water partition coefficient (Wildman–Crippen LogP) is 4.56. The van der Waals surface area contributed by atoms with Crippen LogP contribution in [0.5, 0.6) is 11.5 Å². The van der Waals surface area contributed by atoms with Crippen LogP contribution in [-0.2, 0) is 14.8 Å². The molecule has 9 heteroatoms. The molecule has 0 radical (unpaired) electrons. The van der Waals surface area contributed by atoms with E-state index in [9.17, 15) is 13.2 Å². The van der Waals surface area contributed by atoms with Crippen LogP contribution in [0.15, 0.2) is 77.7 Å². The molecule has 7 nitrogen and oxygen atoms in total. The molecule has 0 unspecified atom stereocenters. The molecule has 31 heavy (non-hydrogen) atoms. The van der Waals surface area contributed by atoms with Crippen molar-refractivity contribution in [2.45, 2.75) is 17.9 Å². The molecule has 3 rings (SSSR count). The minimum Gasteiger partial charge on any atom is -0.493 e. The Morgan fingerprint density at radius 1 is 0.935 bits per heavy atom. The lowest BCUT2D eigenvalue weighted by Crippen LogP contribution is -2.30. The molecule has 0 aliphatic heterocycles. The summed E-state index contributed by atoms with van der Waals surface area (Å²) in [6.45, 7) is 1.61. The van der Waals surface area contributed by atoms with Crippen LogP contribution in [-0.4, -0.2) is 27.5 Å². The van der Waals surface area contributed by atoms with E-state index in [1.165, 1.54) is 37.4 Å². The van der Waals surface area contributed by atoms with Crippen molar-refractivity contribution in [2.75, 3.05) is 17.1 Å². The van der Waals surface area contributed by atoms with Crippen molar-refractivity contribution in [3.05, 3.63) is 77.8 Å². The van der Waals surface area contributed by atoms with Gasteiger partial charge in [0.15, 0.2) is 17.6 Å². The molecule has 0 saturated carbocycles. The zero-order chi connectivity index (χ0) is 22.4. The number of hydrogen-bond acceptors (Lipinski definition) is 5. The number of halogens is 1. The summed E-state index contributed by atoms with van der Waals surface area (Å²) in [7, 11) is -2.28. The first kappa shape index (κ1) is 22.5. The summed E-state index contributed by atoms with van der Waals surface area (Å²) in [5, 5.41) is 3.12. The predicted molar refractivity (Wildman–Crippen MR) is 120 cm³/mol. The van der Waals surface area contributed by atoms with Crippen molar-refractivity contribution in [3.8, 4) is 11.5 Å². The number of amides is 1. The highest BCUT2D eigenvalue weighted by molar-refractivity contribution is 7.92. The number of carbonyl (C=O) groups excluding carboxylic acids is 1. The summed E-state index contributed by atoms with van der Waals surface area (Å²) < 4.78 is 38.4. The first-order valence-corrected chi connectivity index (χ1v) is 11.1. The molecule has 1 amide bonds. The molecule has 0 saturated heterocycles. The third-order valence-electron chi connectivity index (χ3n) is 4.25. The van der Waals surface area contributed by atoms with Crippen molar-refractivity contribution < 1.29 is 22.7 Å². The van der Waals surface area contributed by atoms with E-state index in [0.717, 1.165) is 0 Å². The fourth-order valence-electron chi connectivity index (χ4n) is 2.69. The van der Waals surface area contributed by atoms with Crippen molar-refractivity contribution in [2.24, 2.45) is 0 Å². The van der Waals surface area contributed by atoms with E-state index in [1.807, 2.05) is 0 Å². The van der Waals surface area contributed by atoms with Gasteiger partial charge in [-0.15, -0.1) is 0 Å². The van der Waals surface area contributed by atoms with Crippen molar-refractivity contribution in [1.82, 2.24) is 0 Å². The fraction of sp³-hybridized carbons (Fsp3) is 0.136. The zero-order valence-electron chi connectivity index (χ0n) is 16.8. The lowest BCUT2D eigenvalue weighted by atomic mass is 10.3. The average molecular weight is 461 g/mol. The van der Waals surface area contributed by atoms with Crippen LogP contribution in [0.4, 0.5) is 11.4 Å². The molecular formula is C22H21ClN2O5S. The maximum Gasteiger partial charge on any atom is 0.265 e. The quantitative estimate of drug-likeness (QED) is 0.514. The van der Waals surface area contributed by atoms with Crippen molar-refractivity contribution >= 4 is 38.9 Å². The first-order chi connectivity index (χ1) is 14.8. The van der Waals surface area contributed by atoms with Crippen LogP contribution >= 0.6 is 11.6 Å². The van der Waals surface area contributed by atoms with Crippen LogP contribution in [0.2, 0.25) is 5.02 Å². The number of sulfonamides is 1. The van der Waals surface area contributed by atoms with E-state index in [0.29, 0.717) is 27.9 Å². The van der Waals surface area contributed by atoms with Gasteiger partial charge in [-0.3, -0.25) is 9.52 Å². The summed E-state index contributed by atoms with van der Waals surface area (Å²) in [6, 6.07) is 19.2. The highest BCUT2D eigenvalue weighted by Crippen LogP contribution is 2.27. The molecule has 2 N–H and O–H groups in total. The Morgan fingerprint density at radius 3 is 2.26 bits per heavy atom. The molecule has 3 aromatic rings. The normalized spacial score (nSPS) is 12.0. The number of methoxy groups -OCH3 is 1. The SMILES string of the molecule is COc1ccccc1O[C@@H](C)C(=O)Nc1ccc(S(=O)(=O)Nc2cccc(Cl)c2)cc1. The molecular weight excluding hydrogens is 440 g/mol. The number of rotatable bonds is 8. The van der Waals surface area contributed by atoms with Crippen LogP contribution in [0.3, 0.4) is 0 Å². The van der Waals surface area contributed by atoms with Gasteiger partial charge in [0.2, 0.25) is 0 Å². The van der Waals surface area contributed by atoms with Gasteiger partial charge in [-0.1, -0.05) is 29.8 Å². The van der Waals surface area contributed by atoms with Gasteiger partial charge < -0.3 is 14.8 Å². The molecule has 0 aliphatic rings. The third-order valence-corrected chi connectivity index (χ3v) is 5.88. The Balaban J connectivity index is 1.65. The van der Waals surface area contributed by atoms with E-state index in [2.05, 4.69) is 10.0 Å². The van der Waals surface area contributed by atoms with Crippen molar-refractivity contribution in [1.29, 1.82) is 0 Å². The number of ether oxygens (including phenoxy) is 2. The number of anilines is 2. The second-order valence-corrected chi connectivity index (χ2v) is 8.66. The molecule has 1 atom stereocenters. The van der Waals surface area contributed by atoms with Gasteiger partial charge in [-0.05, 0) is 61.5 Å². The fourth-order valence-corrected chi connectivity index (χ4v) is 3.93. The Bertz CT molecular complexity index is 1170. The number of benzene rings is 3. The summed E-state index contributed by atoms with van der Waals surface area (Å²) in [6.07, 6.45) is -0.802. The first-order valence-electron chi connectivity index (χ1n) is 9.27. The molecule has 0 bridgehead atoms. The summed E-state index contributed by atoms with van der Waals surface area (Å²) in [4.78, 5) is 12.5. The number of nitrogens with one attached hydrogen (secondary N) is 2. The van der Waals surface area contributed by atoms with Gasteiger partial charge in [-0.25, -0.2) is 8.42 Å². The minimum absolute atomic E-state index is 0.0452. The van der Waals surface area contributed by atoms with E-state index in [1.54, 1.807) is 49.4 Å². The Hall–Kier alpha value is -3.23. The number of para-hydroxylation sites is 2. The average Bonchev–Trinajstić information content (AvgIpc) is 2.74. The molecule has 3 aromatic carbocycles. The molecule has 0 aliphatic carbocycles. The third kappa shape index (κ3) is 5.90. The zero-order valence-corrected chi connectivity index (χ0v) is 18.4. The maximum absolute atomic E-state index is 12.5.